The molecule has 3 heteroatoms. The molecule has 2 rings (SSSR count). The molecule has 0 spiro atoms. The molecule has 0 aliphatic rings. The molecular weight excluding hydrogens is 248 g/mol. The number of rotatable bonds is 3. The van der Waals surface area contributed by atoms with Crippen molar-refractivity contribution in [1.82, 2.24) is 0 Å². The van der Waals surface area contributed by atoms with Gasteiger partial charge in [-0.05, 0) is 30.2 Å². The van der Waals surface area contributed by atoms with Gasteiger partial charge in [0, 0.05) is 10.6 Å². The average molecular weight is 263 g/mol. The first kappa shape index (κ1) is 12.9. The largest absolute Gasteiger partial charge is 0.496 e. The third-order valence-electron chi connectivity index (χ3n) is 2.92. The van der Waals surface area contributed by atoms with Crippen molar-refractivity contribution in [2.45, 2.75) is 13.0 Å². The molecule has 0 bridgehead atoms. The van der Waals surface area contributed by atoms with E-state index in [1.807, 2.05) is 43.3 Å². The quantitative estimate of drug-likeness (QED) is 0.913. The molecule has 0 heterocycles. The minimum Gasteiger partial charge on any atom is -0.496 e. The van der Waals surface area contributed by atoms with Crippen molar-refractivity contribution in [2.75, 3.05) is 7.11 Å². The molecule has 0 saturated carbocycles. The van der Waals surface area contributed by atoms with Crippen molar-refractivity contribution in [1.29, 1.82) is 0 Å². The first-order valence-electron chi connectivity index (χ1n) is 5.70. The van der Waals surface area contributed by atoms with Crippen molar-refractivity contribution in [3.05, 3.63) is 64.2 Å². The summed E-state index contributed by atoms with van der Waals surface area (Å²) in [7, 11) is 1.59. The zero-order chi connectivity index (χ0) is 13.1. The fourth-order valence-corrected chi connectivity index (χ4v) is 2.05. The summed E-state index contributed by atoms with van der Waals surface area (Å²) in [5.74, 6) is 0.647. The van der Waals surface area contributed by atoms with E-state index < -0.39 is 6.10 Å². The normalized spacial score (nSPS) is 12.2. The zero-order valence-corrected chi connectivity index (χ0v) is 11.1. The third kappa shape index (κ3) is 2.50. The van der Waals surface area contributed by atoms with E-state index in [0.717, 1.165) is 11.1 Å². The molecule has 1 atom stereocenters. The molecule has 0 saturated heterocycles. The second-order valence-corrected chi connectivity index (χ2v) is 4.56. The molecule has 0 amide bonds. The van der Waals surface area contributed by atoms with Crippen LogP contribution in [0.1, 0.15) is 22.8 Å². The Morgan fingerprint density at radius 3 is 2.44 bits per heavy atom. The van der Waals surface area contributed by atoms with Crippen molar-refractivity contribution in [2.24, 2.45) is 0 Å². The highest BCUT2D eigenvalue weighted by atomic mass is 35.5. The van der Waals surface area contributed by atoms with Gasteiger partial charge < -0.3 is 9.84 Å². The first-order chi connectivity index (χ1) is 8.63. The predicted molar refractivity (Wildman–Crippen MR) is 73.2 cm³/mol. The third-order valence-corrected chi connectivity index (χ3v) is 3.33. The minimum atomic E-state index is -0.737. The Bertz CT molecular complexity index is 538. The summed E-state index contributed by atoms with van der Waals surface area (Å²) in [5.41, 5.74) is 2.42. The Morgan fingerprint density at radius 1 is 1.17 bits per heavy atom. The van der Waals surface area contributed by atoms with Crippen LogP contribution in [-0.2, 0) is 0 Å². The first-order valence-corrected chi connectivity index (χ1v) is 6.08. The molecule has 0 radical (unpaired) electrons. The van der Waals surface area contributed by atoms with Gasteiger partial charge in [0.15, 0.2) is 0 Å². The van der Waals surface area contributed by atoms with Crippen LogP contribution in [0.25, 0.3) is 0 Å². The van der Waals surface area contributed by atoms with Crippen LogP contribution in [-0.4, -0.2) is 12.2 Å². The van der Waals surface area contributed by atoms with Gasteiger partial charge >= 0.3 is 0 Å². The molecule has 0 aliphatic carbocycles. The Labute approximate surface area is 112 Å². The van der Waals surface area contributed by atoms with Gasteiger partial charge in [0.2, 0.25) is 0 Å². The topological polar surface area (TPSA) is 29.5 Å². The molecule has 2 aromatic rings. The summed E-state index contributed by atoms with van der Waals surface area (Å²) < 4.78 is 5.31. The van der Waals surface area contributed by atoms with E-state index in [2.05, 4.69) is 0 Å². The van der Waals surface area contributed by atoms with Crippen molar-refractivity contribution >= 4 is 11.6 Å². The lowest BCUT2D eigenvalue weighted by Crippen LogP contribution is -2.03. The van der Waals surface area contributed by atoms with Crippen LogP contribution in [0.5, 0.6) is 5.75 Å². The van der Waals surface area contributed by atoms with Crippen LogP contribution in [0, 0.1) is 6.92 Å². The fraction of sp³-hybridized carbons (Fsp3) is 0.200. The Hall–Kier alpha value is -1.51. The maximum absolute atomic E-state index is 10.4. The van der Waals surface area contributed by atoms with Gasteiger partial charge in [-0.25, -0.2) is 0 Å². The number of aliphatic hydroxyl groups excluding tert-OH is 1. The van der Waals surface area contributed by atoms with Gasteiger partial charge in [-0.1, -0.05) is 41.9 Å². The highest BCUT2D eigenvalue weighted by Crippen LogP contribution is 2.34. The van der Waals surface area contributed by atoms with E-state index in [-0.39, 0.29) is 0 Å². The lowest BCUT2D eigenvalue weighted by Gasteiger charge is -2.16. The van der Waals surface area contributed by atoms with E-state index in [9.17, 15) is 5.11 Å². The van der Waals surface area contributed by atoms with Crippen LogP contribution in [0.4, 0.5) is 0 Å². The van der Waals surface area contributed by atoms with Crippen LogP contribution >= 0.6 is 11.6 Å². The summed E-state index contributed by atoms with van der Waals surface area (Å²) >= 11 is 6.11. The number of aryl methyl sites for hydroxylation is 1. The van der Waals surface area contributed by atoms with Crippen LogP contribution in [0.2, 0.25) is 5.02 Å². The average Bonchev–Trinajstić information content (AvgIpc) is 2.41. The predicted octanol–water partition coefficient (Wildman–Crippen LogP) is 3.74. The van der Waals surface area contributed by atoms with Gasteiger partial charge in [0.1, 0.15) is 11.9 Å². The van der Waals surface area contributed by atoms with E-state index in [1.165, 1.54) is 0 Å². The number of ether oxygens (including phenoxy) is 1. The second kappa shape index (κ2) is 5.42. The van der Waals surface area contributed by atoms with E-state index in [0.29, 0.717) is 16.3 Å². The molecule has 0 aliphatic heterocycles. The van der Waals surface area contributed by atoms with Crippen molar-refractivity contribution < 1.29 is 9.84 Å². The van der Waals surface area contributed by atoms with Crippen LogP contribution in [0.15, 0.2) is 42.5 Å². The Balaban J connectivity index is 2.47. The SMILES string of the molecule is COc1cc(C)c(Cl)cc1C(O)c1ccccc1. The van der Waals surface area contributed by atoms with Crippen molar-refractivity contribution in [3.63, 3.8) is 0 Å². The zero-order valence-electron chi connectivity index (χ0n) is 10.4. The monoisotopic (exact) mass is 262 g/mol. The number of hydrogen-bond acceptors (Lipinski definition) is 2. The molecule has 1 unspecified atom stereocenters. The van der Waals surface area contributed by atoms with Crippen LogP contribution in [0.3, 0.4) is 0 Å². The summed E-state index contributed by atoms with van der Waals surface area (Å²) in [6, 6.07) is 13.0. The van der Waals surface area contributed by atoms with Gasteiger partial charge in [-0.2, -0.15) is 0 Å². The smallest absolute Gasteiger partial charge is 0.125 e. The number of hydrogen-bond donors (Lipinski definition) is 1. The molecule has 18 heavy (non-hydrogen) atoms. The summed E-state index contributed by atoms with van der Waals surface area (Å²) in [5, 5.41) is 11.0. The molecule has 2 nitrogen and oxygen atoms in total. The van der Waals surface area contributed by atoms with Gasteiger partial charge in [0.05, 0.1) is 7.11 Å². The molecule has 2 aromatic carbocycles. The number of halogens is 1. The van der Waals surface area contributed by atoms with Gasteiger partial charge in [0.25, 0.3) is 0 Å². The van der Waals surface area contributed by atoms with Gasteiger partial charge in [-0.3, -0.25) is 0 Å². The standard InChI is InChI=1S/C15H15ClO2/c1-10-8-14(18-2)12(9-13(10)16)15(17)11-6-4-3-5-7-11/h3-9,15,17H,1-2H3. The maximum Gasteiger partial charge on any atom is 0.125 e. The summed E-state index contributed by atoms with van der Waals surface area (Å²) in [6.07, 6.45) is -0.737. The minimum absolute atomic E-state index is 0.626. The van der Waals surface area contributed by atoms with E-state index in [4.69, 9.17) is 16.3 Å². The molecule has 0 fully saturated rings. The molecule has 1 N–H and O–H groups in total. The number of aliphatic hydroxyl groups is 1. The highest BCUT2D eigenvalue weighted by Gasteiger charge is 2.16. The van der Waals surface area contributed by atoms with E-state index in [1.54, 1.807) is 13.2 Å². The number of benzene rings is 2. The van der Waals surface area contributed by atoms with Crippen LogP contribution < -0.4 is 4.74 Å². The second-order valence-electron chi connectivity index (χ2n) is 4.16. The highest BCUT2D eigenvalue weighted by molar-refractivity contribution is 6.31. The lowest BCUT2D eigenvalue weighted by molar-refractivity contribution is 0.214. The molecule has 94 valence electrons. The van der Waals surface area contributed by atoms with Gasteiger partial charge in [-0.15, -0.1) is 0 Å². The van der Waals surface area contributed by atoms with E-state index >= 15 is 0 Å². The van der Waals surface area contributed by atoms with Crippen molar-refractivity contribution in [3.8, 4) is 5.75 Å². The lowest BCUT2D eigenvalue weighted by atomic mass is 9.99. The summed E-state index contributed by atoms with van der Waals surface area (Å²) in [6.45, 7) is 1.91. The molecular formula is C15H15ClO2. The number of methoxy groups -OCH3 is 1. The summed E-state index contributed by atoms with van der Waals surface area (Å²) in [4.78, 5) is 0. The fourth-order valence-electron chi connectivity index (χ4n) is 1.88. The maximum atomic E-state index is 10.4. The molecule has 0 aromatic heterocycles. The Morgan fingerprint density at radius 2 is 1.83 bits per heavy atom. The Kier molecular flexibility index (Phi) is 3.90.